The van der Waals surface area contributed by atoms with Gasteiger partial charge in [-0.05, 0) is 25.5 Å². The topological polar surface area (TPSA) is 40.9 Å². The van der Waals surface area contributed by atoms with E-state index in [0.29, 0.717) is 0 Å². The third-order valence-electron chi connectivity index (χ3n) is 4.61. The van der Waals surface area contributed by atoms with Crippen molar-refractivity contribution < 1.29 is 0 Å². The van der Waals surface area contributed by atoms with E-state index in [4.69, 9.17) is 15.0 Å². The van der Waals surface area contributed by atoms with Gasteiger partial charge in [0.05, 0.1) is 22.8 Å². The number of thiophene rings is 1. The van der Waals surface area contributed by atoms with Crippen molar-refractivity contribution in [2.24, 2.45) is 9.98 Å². The number of amidine groups is 2. The number of benzene rings is 1. The van der Waals surface area contributed by atoms with E-state index in [1.54, 1.807) is 11.3 Å². The highest BCUT2D eigenvalue weighted by Crippen LogP contribution is 2.43. The predicted octanol–water partition coefficient (Wildman–Crippen LogP) is 4.40. The number of hydrogen-bond donors (Lipinski definition) is 0. The van der Waals surface area contributed by atoms with Crippen LogP contribution < -0.4 is 0 Å². The second kappa shape index (κ2) is 4.98. The summed E-state index contributed by atoms with van der Waals surface area (Å²) in [5.74, 6) is 2.10. The lowest BCUT2D eigenvalue weighted by Crippen LogP contribution is -2.34. The molecule has 0 fully saturated rings. The van der Waals surface area contributed by atoms with Crippen molar-refractivity contribution in [1.29, 1.82) is 0 Å². The summed E-state index contributed by atoms with van der Waals surface area (Å²) in [6.45, 7) is 5.99. The molecule has 0 atom stereocenters. The molecule has 0 amide bonds. The Morgan fingerprint density at radius 1 is 1.12 bits per heavy atom. The summed E-state index contributed by atoms with van der Waals surface area (Å²) < 4.78 is 0. The maximum Gasteiger partial charge on any atom is 0.149 e. The molecule has 2 aromatic heterocycles. The lowest BCUT2D eigenvalue weighted by Gasteiger charge is -2.23. The van der Waals surface area contributed by atoms with Gasteiger partial charge in [0.2, 0.25) is 0 Å². The number of aryl methyl sites for hydroxylation is 1. The summed E-state index contributed by atoms with van der Waals surface area (Å²) in [6, 6.07) is 12.5. The van der Waals surface area contributed by atoms with Crippen LogP contribution in [0.25, 0.3) is 21.5 Å². The summed E-state index contributed by atoms with van der Waals surface area (Å²) in [4.78, 5) is 18.9. The Labute approximate surface area is 144 Å². The van der Waals surface area contributed by atoms with Gasteiger partial charge >= 0.3 is 0 Å². The van der Waals surface area contributed by atoms with Crippen LogP contribution in [0.3, 0.4) is 0 Å². The lowest BCUT2D eigenvalue weighted by atomic mass is 10.1. The fourth-order valence-electron chi connectivity index (χ4n) is 3.46. The molecule has 118 valence electrons. The van der Waals surface area contributed by atoms with E-state index in [9.17, 15) is 0 Å². The van der Waals surface area contributed by atoms with Gasteiger partial charge < -0.3 is 4.90 Å². The molecule has 0 unspecified atom stereocenters. The zero-order valence-corrected chi connectivity index (χ0v) is 14.4. The molecule has 5 rings (SSSR count). The first-order valence-electron chi connectivity index (χ1n) is 8.09. The molecule has 4 nitrogen and oxygen atoms in total. The molecule has 1 aromatic carbocycles. The molecule has 0 spiro atoms. The van der Waals surface area contributed by atoms with Crippen LogP contribution in [0.4, 0.5) is 5.69 Å². The lowest BCUT2D eigenvalue weighted by molar-refractivity contribution is 0.659. The van der Waals surface area contributed by atoms with Gasteiger partial charge in [0.15, 0.2) is 0 Å². The van der Waals surface area contributed by atoms with Gasteiger partial charge in [0, 0.05) is 17.5 Å². The van der Waals surface area contributed by atoms with Gasteiger partial charge in [-0.3, -0.25) is 4.99 Å². The number of fused-ring (bicyclic) bond motifs is 5. The summed E-state index contributed by atoms with van der Waals surface area (Å²) in [5, 5.41) is 1.17. The maximum absolute atomic E-state index is 4.93. The Morgan fingerprint density at radius 3 is 2.79 bits per heavy atom. The maximum atomic E-state index is 4.93. The van der Waals surface area contributed by atoms with Gasteiger partial charge in [-0.15, -0.1) is 11.3 Å². The number of hydrogen-bond acceptors (Lipinski definition) is 5. The Kier molecular flexibility index (Phi) is 2.88. The van der Waals surface area contributed by atoms with E-state index < -0.39 is 0 Å². The minimum absolute atomic E-state index is 0.845. The van der Waals surface area contributed by atoms with E-state index in [-0.39, 0.29) is 0 Å². The quantitative estimate of drug-likeness (QED) is 0.663. The SMILES string of the molecule is CC1=Nc2c(sc3nc(-c4ccccc4)cc(C)c23)C2=NCCN12. The Morgan fingerprint density at radius 2 is 1.96 bits per heavy atom. The van der Waals surface area contributed by atoms with E-state index >= 15 is 0 Å². The highest BCUT2D eigenvalue weighted by molar-refractivity contribution is 7.21. The van der Waals surface area contributed by atoms with Crippen LogP contribution in [-0.4, -0.2) is 34.6 Å². The molecular formula is C19H16N4S. The minimum Gasteiger partial charge on any atom is -0.312 e. The van der Waals surface area contributed by atoms with Crippen LogP contribution in [0.1, 0.15) is 17.4 Å². The van der Waals surface area contributed by atoms with Gasteiger partial charge in [0.1, 0.15) is 16.5 Å². The third kappa shape index (κ3) is 1.88. The molecule has 2 aliphatic heterocycles. The Bertz CT molecular complexity index is 1030. The second-order valence-corrected chi connectivity index (χ2v) is 7.17. The van der Waals surface area contributed by atoms with Crippen molar-refractivity contribution in [3.63, 3.8) is 0 Å². The van der Waals surface area contributed by atoms with Gasteiger partial charge in [-0.25, -0.2) is 9.98 Å². The number of pyridine rings is 1. The summed E-state index contributed by atoms with van der Waals surface area (Å²) in [5.41, 5.74) is 4.44. The molecule has 0 N–H and O–H groups in total. The monoisotopic (exact) mass is 332 g/mol. The molecule has 2 aliphatic rings. The standard InChI is InChI=1S/C19H16N4S/c1-11-10-14(13-6-4-3-5-7-13)22-19-15(11)16-17(24-19)18-20-8-9-23(18)12(2)21-16/h3-7,10H,8-9H2,1-2H3. The van der Waals surface area contributed by atoms with E-state index in [1.807, 2.05) is 6.07 Å². The molecule has 0 bridgehead atoms. The minimum atomic E-state index is 0.845. The fraction of sp³-hybridized carbons (Fsp3) is 0.211. The highest BCUT2D eigenvalue weighted by Gasteiger charge is 2.31. The van der Waals surface area contributed by atoms with Gasteiger partial charge in [0.25, 0.3) is 0 Å². The first-order valence-corrected chi connectivity index (χ1v) is 8.91. The Hall–Kier alpha value is -2.53. The third-order valence-corrected chi connectivity index (χ3v) is 5.68. The van der Waals surface area contributed by atoms with Crippen molar-refractivity contribution >= 4 is 38.9 Å². The van der Waals surface area contributed by atoms with Gasteiger partial charge in [-0.2, -0.15) is 0 Å². The van der Waals surface area contributed by atoms with E-state index in [2.05, 4.69) is 49.1 Å². The van der Waals surface area contributed by atoms with Crippen LogP contribution in [0.15, 0.2) is 46.4 Å². The van der Waals surface area contributed by atoms with Crippen molar-refractivity contribution in [3.8, 4) is 11.3 Å². The van der Waals surface area contributed by atoms with Crippen molar-refractivity contribution in [2.75, 3.05) is 13.1 Å². The highest BCUT2D eigenvalue weighted by atomic mass is 32.1. The summed E-state index contributed by atoms with van der Waals surface area (Å²) in [7, 11) is 0. The molecule has 3 aromatic rings. The second-order valence-electron chi connectivity index (χ2n) is 6.17. The van der Waals surface area contributed by atoms with Gasteiger partial charge in [-0.1, -0.05) is 30.3 Å². The average molecular weight is 332 g/mol. The first-order chi connectivity index (χ1) is 11.7. The normalized spacial score (nSPS) is 16.0. The molecular weight excluding hydrogens is 316 g/mol. The molecule has 4 heterocycles. The van der Waals surface area contributed by atoms with Crippen molar-refractivity contribution in [3.05, 3.63) is 46.8 Å². The number of aromatic nitrogens is 1. The van der Waals surface area contributed by atoms with Crippen LogP contribution in [0, 0.1) is 6.92 Å². The van der Waals surface area contributed by atoms with Crippen LogP contribution in [0.2, 0.25) is 0 Å². The summed E-state index contributed by atoms with van der Waals surface area (Å²) in [6.07, 6.45) is 0. The molecule has 0 saturated carbocycles. The van der Waals surface area contributed by atoms with E-state index in [1.165, 1.54) is 10.9 Å². The first kappa shape index (κ1) is 13.9. The van der Waals surface area contributed by atoms with Crippen LogP contribution >= 0.6 is 11.3 Å². The zero-order valence-electron chi connectivity index (χ0n) is 13.6. The smallest absolute Gasteiger partial charge is 0.149 e. The van der Waals surface area contributed by atoms with Crippen LogP contribution in [-0.2, 0) is 0 Å². The molecule has 24 heavy (non-hydrogen) atoms. The number of aliphatic imine (C=N–C) groups is 2. The summed E-state index contributed by atoms with van der Waals surface area (Å²) >= 11 is 1.71. The fourth-order valence-corrected chi connectivity index (χ4v) is 4.67. The zero-order chi connectivity index (χ0) is 16.3. The average Bonchev–Trinajstić information content (AvgIpc) is 3.20. The van der Waals surface area contributed by atoms with Crippen LogP contribution in [0.5, 0.6) is 0 Å². The molecule has 0 aliphatic carbocycles. The van der Waals surface area contributed by atoms with Crippen molar-refractivity contribution in [2.45, 2.75) is 13.8 Å². The molecule has 0 radical (unpaired) electrons. The van der Waals surface area contributed by atoms with Crippen molar-refractivity contribution in [1.82, 2.24) is 9.88 Å². The largest absolute Gasteiger partial charge is 0.312 e. The predicted molar refractivity (Wildman–Crippen MR) is 101 cm³/mol. The number of rotatable bonds is 1. The number of nitrogens with zero attached hydrogens (tertiary/aromatic N) is 4. The molecule has 5 heteroatoms. The molecule has 0 saturated heterocycles. The van der Waals surface area contributed by atoms with E-state index in [0.717, 1.165) is 51.4 Å². The Balaban J connectivity index is 1.78.